The molecule has 0 spiro atoms. The van der Waals surface area contributed by atoms with E-state index in [1.807, 2.05) is 12.3 Å². The van der Waals surface area contributed by atoms with Crippen LogP contribution in [-0.2, 0) is 6.54 Å². The van der Waals surface area contributed by atoms with Gasteiger partial charge in [-0.05, 0) is 30.7 Å². The SMILES string of the molecule is Cc1cc(C(=O)NCc2cscn2)ccc1C#CCO. The first-order chi connectivity index (χ1) is 9.70. The number of thiazole rings is 1. The van der Waals surface area contributed by atoms with Crippen molar-refractivity contribution in [2.75, 3.05) is 6.61 Å². The predicted molar refractivity (Wildman–Crippen MR) is 78.4 cm³/mol. The maximum atomic E-state index is 12.0. The summed E-state index contributed by atoms with van der Waals surface area (Å²) in [4.78, 5) is 16.1. The maximum absolute atomic E-state index is 12.0. The standard InChI is InChI=1S/C15H14N2O2S/c1-11-7-13(5-4-12(11)3-2-6-18)15(19)16-8-14-9-20-10-17-14/h4-5,7,9-10,18H,6,8H2,1H3,(H,16,19). The van der Waals surface area contributed by atoms with Crippen molar-refractivity contribution in [1.82, 2.24) is 10.3 Å². The number of rotatable bonds is 3. The van der Waals surface area contributed by atoms with E-state index >= 15 is 0 Å². The first-order valence-corrected chi connectivity index (χ1v) is 7.00. The van der Waals surface area contributed by atoms with E-state index in [-0.39, 0.29) is 12.5 Å². The van der Waals surface area contributed by atoms with Crippen LogP contribution in [0.2, 0.25) is 0 Å². The molecule has 1 aromatic heterocycles. The Labute approximate surface area is 121 Å². The second-order valence-electron chi connectivity index (χ2n) is 4.15. The second-order valence-corrected chi connectivity index (χ2v) is 4.87. The molecule has 0 radical (unpaired) electrons. The summed E-state index contributed by atoms with van der Waals surface area (Å²) in [6.07, 6.45) is 0. The number of hydrogen-bond acceptors (Lipinski definition) is 4. The fourth-order valence-electron chi connectivity index (χ4n) is 1.68. The van der Waals surface area contributed by atoms with Crippen LogP contribution in [0, 0.1) is 18.8 Å². The van der Waals surface area contributed by atoms with Gasteiger partial charge in [-0.3, -0.25) is 4.79 Å². The molecule has 0 aliphatic heterocycles. The van der Waals surface area contributed by atoms with E-state index in [1.54, 1.807) is 23.7 Å². The zero-order chi connectivity index (χ0) is 14.4. The maximum Gasteiger partial charge on any atom is 0.251 e. The first kappa shape index (κ1) is 14.3. The lowest BCUT2D eigenvalue weighted by molar-refractivity contribution is 0.0950. The summed E-state index contributed by atoms with van der Waals surface area (Å²) < 4.78 is 0. The highest BCUT2D eigenvalue weighted by atomic mass is 32.1. The van der Waals surface area contributed by atoms with Gasteiger partial charge in [0.2, 0.25) is 0 Å². The number of hydrogen-bond donors (Lipinski definition) is 2. The van der Waals surface area contributed by atoms with Crippen LogP contribution in [0.4, 0.5) is 0 Å². The number of nitrogens with zero attached hydrogens (tertiary/aromatic N) is 1. The van der Waals surface area contributed by atoms with Crippen LogP contribution in [0.5, 0.6) is 0 Å². The van der Waals surface area contributed by atoms with E-state index in [2.05, 4.69) is 22.1 Å². The third-order valence-electron chi connectivity index (χ3n) is 2.70. The van der Waals surface area contributed by atoms with Gasteiger partial charge >= 0.3 is 0 Å². The molecule has 0 aliphatic carbocycles. The lowest BCUT2D eigenvalue weighted by atomic mass is 10.0. The molecule has 20 heavy (non-hydrogen) atoms. The number of aromatic nitrogens is 1. The lowest BCUT2D eigenvalue weighted by Crippen LogP contribution is -2.23. The van der Waals surface area contributed by atoms with Crippen molar-refractivity contribution in [3.8, 4) is 11.8 Å². The van der Waals surface area contributed by atoms with E-state index in [0.717, 1.165) is 16.8 Å². The molecular weight excluding hydrogens is 272 g/mol. The number of aryl methyl sites for hydroxylation is 1. The molecule has 5 heteroatoms. The summed E-state index contributed by atoms with van der Waals surface area (Å²) in [7, 11) is 0. The molecule has 0 saturated heterocycles. The zero-order valence-electron chi connectivity index (χ0n) is 11.0. The third kappa shape index (κ3) is 3.67. The van der Waals surface area contributed by atoms with Gasteiger partial charge in [0.05, 0.1) is 17.7 Å². The molecule has 102 valence electrons. The van der Waals surface area contributed by atoms with Gasteiger partial charge in [-0.25, -0.2) is 4.98 Å². The van der Waals surface area contributed by atoms with Crippen LogP contribution in [0.1, 0.15) is 27.2 Å². The molecule has 0 atom stereocenters. The molecular formula is C15H14N2O2S. The van der Waals surface area contributed by atoms with Crippen molar-refractivity contribution in [2.24, 2.45) is 0 Å². The van der Waals surface area contributed by atoms with Gasteiger partial charge in [0.15, 0.2) is 0 Å². The Balaban J connectivity index is 2.05. The summed E-state index contributed by atoms with van der Waals surface area (Å²) in [5.41, 5.74) is 4.90. The number of carbonyl (C=O) groups excluding carboxylic acids is 1. The first-order valence-electron chi connectivity index (χ1n) is 6.06. The smallest absolute Gasteiger partial charge is 0.251 e. The average Bonchev–Trinajstić information content (AvgIpc) is 2.96. The number of aliphatic hydroxyl groups is 1. The normalized spacial score (nSPS) is 9.70. The predicted octanol–water partition coefficient (Wildman–Crippen LogP) is 1.73. The van der Waals surface area contributed by atoms with Crippen LogP contribution in [-0.4, -0.2) is 22.6 Å². The number of aliphatic hydroxyl groups excluding tert-OH is 1. The van der Waals surface area contributed by atoms with E-state index in [1.165, 1.54) is 11.3 Å². The molecule has 2 aromatic rings. The Morgan fingerprint density at radius 2 is 2.35 bits per heavy atom. The third-order valence-corrected chi connectivity index (χ3v) is 3.34. The van der Waals surface area contributed by atoms with Gasteiger partial charge in [-0.15, -0.1) is 11.3 Å². The van der Waals surface area contributed by atoms with Gasteiger partial charge in [-0.2, -0.15) is 0 Å². The van der Waals surface area contributed by atoms with Crippen molar-refractivity contribution < 1.29 is 9.90 Å². The van der Waals surface area contributed by atoms with Crippen LogP contribution >= 0.6 is 11.3 Å². The molecule has 2 N–H and O–H groups in total. The Bertz CT molecular complexity index is 654. The largest absolute Gasteiger partial charge is 0.384 e. The monoisotopic (exact) mass is 286 g/mol. The number of nitrogens with one attached hydrogen (secondary N) is 1. The summed E-state index contributed by atoms with van der Waals surface area (Å²) in [6, 6.07) is 5.30. The van der Waals surface area contributed by atoms with Crippen molar-refractivity contribution in [3.05, 3.63) is 51.5 Å². The minimum absolute atomic E-state index is 0.136. The molecule has 0 bridgehead atoms. The second kappa shape index (κ2) is 6.85. The Kier molecular flexibility index (Phi) is 4.88. The van der Waals surface area contributed by atoms with E-state index in [4.69, 9.17) is 5.11 Å². The van der Waals surface area contributed by atoms with Crippen LogP contribution < -0.4 is 5.32 Å². The van der Waals surface area contributed by atoms with Crippen LogP contribution in [0.25, 0.3) is 0 Å². The molecule has 0 saturated carbocycles. The van der Waals surface area contributed by atoms with Gasteiger partial charge in [0.25, 0.3) is 5.91 Å². The quantitative estimate of drug-likeness (QED) is 0.845. The van der Waals surface area contributed by atoms with E-state index in [0.29, 0.717) is 12.1 Å². The van der Waals surface area contributed by atoms with Gasteiger partial charge in [-0.1, -0.05) is 11.8 Å². The minimum Gasteiger partial charge on any atom is -0.384 e. The van der Waals surface area contributed by atoms with E-state index < -0.39 is 0 Å². The van der Waals surface area contributed by atoms with Crippen molar-refractivity contribution >= 4 is 17.2 Å². The number of amides is 1. The fourth-order valence-corrected chi connectivity index (χ4v) is 2.24. The van der Waals surface area contributed by atoms with Gasteiger partial charge < -0.3 is 10.4 Å². The molecule has 4 nitrogen and oxygen atoms in total. The highest BCUT2D eigenvalue weighted by Crippen LogP contribution is 2.10. The molecule has 0 aliphatic rings. The Hall–Kier alpha value is -2.16. The van der Waals surface area contributed by atoms with Gasteiger partial charge in [0, 0.05) is 16.5 Å². The van der Waals surface area contributed by atoms with Crippen LogP contribution in [0.3, 0.4) is 0 Å². The molecule has 1 heterocycles. The highest BCUT2D eigenvalue weighted by Gasteiger charge is 2.07. The minimum atomic E-state index is -0.171. The fraction of sp³-hybridized carbons (Fsp3) is 0.200. The summed E-state index contributed by atoms with van der Waals surface area (Å²) >= 11 is 1.50. The number of carbonyl (C=O) groups is 1. The molecule has 1 aromatic carbocycles. The zero-order valence-corrected chi connectivity index (χ0v) is 11.8. The van der Waals surface area contributed by atoms with Crippen molar-refractivity contribution in [2.45, 2.75) is 13.5 Å². The highest BCUT2D eigenvalue weighted by molar-refractivity contribution is 7.07. The molecule has 2 rings (SSSR count). The molecule has 1 amide bonds. The summed E-state index contributed by atoms with van der Waals surface area (Å²) in [5.74, 6) is 5.30. The molecule has 0 fully saturated rings. The lowest BCUT2D eigenvalue weighted by Gasteiger charge is -2.05. The summed E-state index contributed by atoms with van der Waals surface area (Å²) in [5, 5.41) is 13.4. The van der Waals surface area contributed by atoms with Crippen molar-refractivity contribution in [1.29, 1.82) is 0 Å². The topological polar surface area (TPSA) is 62.2 Å². The summed E-state index contributed by atoms with van der Waals surface area (Å²) in [6.45, 7) is 2.14. The number of benzene rings is 1. The Morgan fingerprint density at radius 3 is 3.00 bits per heavy atom. The van der Waals surface area contributed by atoms with Gasteiger partial charge in [0.1, 0.15) is 6.61 Å². The van der Waals surface area contributed by atoms with Crippen LogP contribution in [0.15, 0.2) is 29.1 Å². The molecule has 0 unspecified atom stereocenters. The van der Waals surface area contributed by atoms with Crippen molar-refractivity contribution in [3.63, 3.8) is 0 Å². The van der Waals surface area contributed by atoms with E-state index in [9.17, 15) is 4.79 Å². The Morgan fingerprint density at radius 1 is 1.50 bits per heavy atom. The average molecular weight is 286 g/mol.